The number of amides is 3. The second kappa shape index (κ2) is 9.53. The van der Waals surface area contributed by atoms with Gasteiger partial charge in [-0.2, -0.15) is 0 Å². The number of carbonyl (C=O) groups excluding carboxylic acids is 2. The highest BCUT2D eigenvalue weighted by Crippen LogP contribution is 2.33. The number of benzene rings is 1. The van der Waals surface area contributed by atoms with E-state index in [4.69, 9.17) is 21.1 Å². The van der Waals surface area contributed by atoms with Crippen LogP contribution in [0.3, 0.4) is 0 Å². The Kier molecular flexibility index (Phi) is 6.93. The Balaban J connectivity index is 1.42. The molecule has 1 unspecified atom stereocenters. The average molecular weight is 468 g/mol. The molecule has 176 valence electrons. The number of nitrogens with zero attached hydrogens (tertiary/aromatic N) is 2. The minimum Gasteiger partial charge on any atom is -0.378 e. The summed E-state index contributed by atoms with van der Waals surface area (Å²) in [6.45, 7) is 3.79. The maximum Gasteiger partial charge on any atom is 0.318 e. The molecule has 2 atom stereocenters. The lowest BCUT2D eigenvalue weighted by molar-refractivity contribution is -0.157. The van der Waals surface area contributed by atoms with E-state index in [-0.39, 0.29) is 37.2 Å². The fourth-order valence-corrected chi connectivity index (χ4v) is 4.87. The molecule has 32 heavy (non-hydrogen) atoms. The van der Waals surface area contributed by atoms with Gasteiger partial charge in [0, 0.05) is 49.8 Å². The summed E-state index contributed by atoms with van der Waals surface area (Å²) < 4.78 is 25.3. The molecule has 3 fully saturated rings. The number of halogens is 2. The summed E-state index contributed by atoms with van der Waals surface area (Å²) in [4.78, 5) is 30.0. The van der Waals surface area contributed by atoms with E-state index in [1.807, 2.05) is 9.80 Å². The molecule has 1 saturated carbocycles. The predicted molar refractivity (Wildman–Crippen MR) is 118 cm³/mol. The average Bonchev–Trinajstić information content (AvgIpc) is 3.49. The molecule has 1 aromatic rings. The molecule has 4 rings (SSSR count). The Bertz CT molecular complexity index is 873. The molecule has 0 aromatic heterocycles. The molecule has 0 spiro atoms. The molecular formula is C23H31ClFN3O4. The van der Waals surface area contributed by atoms with Crippen molar-refractivity contribution in [2.75, 3.05) is 33.4 Å². The van der Waals surface area contributed by atoms with Crippen LogP contribution < -0.4 is 5.32 Å². The van der Waals surface area contributed by atoms with Gasteiger partial charge in [-0.25, -0.2) is 9.18 Å². The van der Waals surface area contributed by atoms with Gasteiger partial charge in [0.05, 0.1) is 19.3 Å². The van der Waals surface area contributed by atoms with Gasteiger partial charge in [0.25, 0.3) is 5.91 Å². The van der Waals surface area contributed by atoms with Gasteiger partial charge in [0.15, 0.2) is 5.60 Å². The van der Waals surface area contributed by atoms with Gasteiger partial charge in [-0.3, -0.25) is 4.79 Å². The molecule has 1 N–H and O–H groups in total. The van der Waals surface area contributed by atoms with Crippen LogP contribution in [-0.4, -0.2) is 72.8 Å². The molecule has 2 saturated heterocycles. The molecule has 1 aromatic carbocycles. The highest BCUT2D eigenvalue weighted by atomic mass is 35.5. The zero-order valence-corrected chi connectivity index (χ0v) is 19.4. The minimum atomic E-state index is -0.918. The van der Waals surface area contributed by atoms with Crippen molar-refractivity contribution in [3.05, 3.63) is 34.1 Å². The smallest absolute Gasteiger partial charge is 0.318 e. The van der Waals surface area contributed by atoms with E-state index in [2.05, 4.69) is 5.32 Å². The number of methoxy groups -OCH3 is 1. The number of urea groups is 1. The van der Waals surface area contributed by atoms with Crippen molar-refractivity contribution < 1.29 is 23.5 Å². The van der Waals surface area contributed by atoms with Gasteiger partial charge in [-0.15, -0.1) is 0 Å². The Labute approximate surface area is 193 Å². The molecule has 3 amide bonds. The molecule has 0 radical (unpaired) electrons. The lowest BCUT2D eigenvalue weighted by Gasteiger charge is -2.42. The molecular weight excluding hydrogens is 437 g/mol. The first kappa shape index (κ1) is 23.3. The van der Waals surface area contributed by atoms with E-state index in [1.165, 1.54) is 6.07 Å². The van der Waals surface area contributed by atoms with Crippen LogP contribution >= 0.6 is 11.6 Å². The van der Waals surface area contributed by atoms with Crippen LogP contribution in [0.15, 0.2) is 12.1 Å². The second-order valence-electron chi connectivity index (χ2n) is 9.04. The summed E-state index contributed by atoms with van der Waals surface area (Å²) in [5.74, 6) is -0.492. The van der Waals surface area contributed by atoms with Gasteiger partial charge in [-0.1, -0.05) is 11.6 Å². The number of likely N-dealkylation sites (tertiary alicyclic amines) is 1. The predicted octanol–water partition coefficient (Wildman–Crippen LogP) is 3.26. The van der Waals surface area contributed by atoms with Crippen LogP contribution in [0.25, 0.3) is 0 Å². The Morgan fingerprint density at radius 1 is 1.34 bits per heavy atom. The summed E-state index contributed by atoms with van der Waals surface area (Å²) in [7, 11) is 1.55. The fourth-order valence-electron chi connectivity index (χ4n) is 4.71. The second-order valence-corrected chi connectivity index (χ2v) is 9.45. The van der Waals surface area contributed by atoms with Crippen molar-refractivity contribution in [1.29, 1.82) is 0 Å². The van der Waals surface area contributed by atoms with Gasteiger partial charge in [-0.05, 0) is 50.3 Å². The maximum atomic E-state index is 14.2. The summed E-state index contributed by atoms with van der Waals surface area (Å²) in [5.41, 5.74) is 0.249. The zero-order chi connectivity index (χ0) is 22.9. The number of aryl methyl sites for hydroxylation is 1. The summed E-state index contributed by atoms with van der Waals surface area (Å²) in [6.07, 6.45) is 4.09. The number of carbonyl (C=O) groups is 2. The van der Waals surface area contributed by atoms with E-state index in [1.54, 1.807) is 20.1 Å². The van der Waals surface area contributed by atoms with Crippen molar-refractivity contribution in [3.63, 3.8) is 0 Å². The van der Waals surface area contributed by atoms with E-state index < -0.39 is 11.4 Å². The van der Waals surface area contributed by atoms with Gasteiger partial charge < -0.3 is 24.6 Å². The summed E-state index contributed by atoms with van der Waals surface area (Å²) >= 11 is 5.97. The van der Waals surface area contributed by atoms with E-state index >= 15 is 0 Å². The Morgan fingerprint density at radius 2 is 2.12 bits per heavy atom. The van der Waals surface area contributed by atoms with Crippen LogP contribution in [-0.2, 0) is 20.8 Å². The van der Waals surface area contributed by atoms with Crippen LogP contribution in [0, 0.1) is 12.7 Å². The standard InChI is InChI=1S/C23H31ClFN3O4/c1-15-10-16(20(25)11-19(15)24)12-26-22(30)28(17-5-6-17)18-4-3-8-27(13-18)21(29)23(31-2)7-9-32-14-23/h10-11,17-18H,3-9,12-14H2,1-2H3,(H,26,30)/t18-,23?/m1/s1. The molecule has 2 aliphatic heterocycles. The number of rotatable bonds is 6. The number of hydrogen-bond acceptors (Lipinski definition) is 4. The number of ether oxygens (including phenoxy) is 2. The van der Waals surface area contributed by atoms with Crippen LogP contribution in [0.4, 0.5) is 9.18 Å². The monoisotopic (exact) mass is 467 g/mol. The normalized spacial score (nSPS) is 25.6. The van der Waals surface area contributed by atoms with Crippen molar-refractivity contribution in [2.24, 2.45) is 0 Å². The van der Waals surface area contributed by atoms with E-state index in [9.17, 15) is 14.0 Å². The molecule has 9 heteroatoms. The third kappa shape index (κ3) is 4.72. The highest BCUT2D eigenvalue weighted by Gasteiger charge is 2.47. The van der Waals surface area contributed by atoms with Crippen LogP contribution in [0.2, 0.25) is 5.02 Å². The van der Waals surface area contributed by atoms with E-state index in [0.29, 0.717) is 36.7 Å². The minimum absolute atomic E-state index is 0.0583. The van der Waals surface area contributed by atoms with Gasteiger partial charge >= 0.3 is 6.03 Å². The quantitative estimate of drug-likeness (QED) is 0.697. The number of hydrogen-bond donors (Lipinski definition) is 1. The molecule has 3 aliphatic rings. The van der Waals surface area contributed by atoms with Crippen molar-refractivity contribution in [3.8, 4) is 0 Å². The maximum absolute atomic E-state index is 14.2. The van der Waals surface area contributed by atoms with Crippen LogP contribution in [0.5, 0.6) is 0 Å². The SMILES string of the molecule is COC1(C(=O)N2CCC[C@@H](N(C(=O)NCc3cc(C)c(Cl)cc3F)C3CC3)C2)CCOC1. The first-order valence-electron chi connectivity index (χ1n) is 11.3. The third-order valence-electron chi connectivity index (χ3n) is 6.78. The van der Waals surface area contributed by atoms with Crippen molar-refractivity contribution >= 4 is 23.5 Å². The fraction of sp³-hybridized carbons (Fsp3) is 0.652. The molecule has 2 heterocycles. The van der Waals surface area contributed by atoms with Gasteiger partial charge in [0.2, 0.25) is 0 Å². The third-order valence-corrected chi connectivity index (χ3v) is 7.18. The molecule has 7 nitrogen and oxygen atoms in total. The number of piperidine rings is 1. The first-order chi connectivity index (χ1) is 15.3. The molecule has 0 bridgehead atoms. The topological polar surface area (TPSA) is 71.1 Å². The van der Waals surface area contributed by atoms with Crippen LogP contribution in [0.1, 0.15) is 43.2 Å². The number of nitrogens with one attached hydrogen (secondary N) is 1. The lowest BCUT2D eigenvalue weighted by atomic mass is 9.97. The van der Waals surface area contributed by atoms with Gasteiger partial charge in [0.1, 0.15) is 5.82 Å². The zero-order valence-electron chi connectivity index (χ0n) is 18.7. The Morgan fingerprint density at radius 3 is 2.78 bits per heavy atom. The first-order valence-corrected chi connectivity index (χ1v) is 11.7. The largest absolute Gasteiger partial charge is 0.378 e. The molecule has 1 aliphatic carbocycles. The van der Waals surface area contributed by atoms with Crippen molar-refractivity contribution in [2.45, 2.75) is 63.3 Å². The summed E-state index contributed by atoms with van der Waals surface area (Å²) in [5, 5.41) is 3.25. The van der Waals surface area contributed by atoms with E-state index in [0.717, 1.165) is 31.2 Å². The lowest BCUT2D eigenvalue weighted by Crippen LogP contribution is -2.59. The highest BCUT2D eigenvalue weighted by molar-refractivity contribution is 6.31. The van der Waals surface area contributed by atoms with Crippen molar-refractivity contribution in [1.82, 2.24) is 15.1 Å². The Hall–Kier alpha value is -1.90. The summed E-state index contributed by atoms with van der Waals surface area (Å²) in [6, 6.07) is 2.81.